The molecular weight excluding hydrogens is 288 g/mol. The number of hydrogen-bond acceptors (Lipinski definition) is 3. The third kappa shape index (κ3) is 3.22. The Morgan fingerprint density at radius 2 is 2.05 bits per heavy atom. The fourth-order valence-corrected chi connectivity index (χ4v) is 4.63. The van der Waals surface area contributed by atoms with E-state index in [1.54, 1.807) is 7.11 Å². The predicted molar refractivity (Wildman–Crippen MR) is 85.3 cm³/mol. The topological polar surface area (TPSA) is 64.3 Å². The lowest BCUT2D eigenvalue weighted by atomic mass is 9.66. The highest BCUT2D eigenvalue weighted by Gasteiger charge is 2.49. The third-order valence-electron chi connectivity index (χ3n) is 6.17. The van der Waals surface area contributed by atoms with Gasteiger partial charge in [-0.3, -0.25) is 4.79 Å². The van der Waals surface area contributed by atoms with Crippen molar-refractivity contribution in [3.05, 3.63) is 0 Å². The van der Waals surface area contributed by atoms with Gasteiger partial charge in [-0.25, -0.2) is 0 Å². The van der Waals surface area contributed by atoms with Crippen molar-refractivity contribution in [2.75, 3.05) is 20.3 Å². The number of hydrogen-bond donors (Lipinski definition) is 2. The number of nitrogens with two attached hydrogens (primary N) is 1. The molecule has 3 rings (SSSR count). The van der Waals surface area contributed by atoms with Gasteiger partial charge >= 0.3 is 0 Å². The summed E-state index contributed by atoms with van der Waals surface area (Å²) in [5.41, 5.74) is 6.55. The highest BCUT2D eigenvalue weighted by Crippen LogP contribution is 2.48. The van der Waals surface area contributed by atoms with Gasteiger partial charge in [0.1, 0.15) is 0 Å². The summed E-state index contributed by atoms with van der Waals surface area (Å²) >= 11 is 0. The van der Waals surface area contributed by atoms with Crippen LogP contribution < -0.4 is 11.1 Å². The summed E-state index contributed by atoms with van der Waals surface area (Å²) < 4.78 is 5.20. The van der Waals surface area contributed by atoms with Crippen LogP contribution in [-0.4, -0.2) is 32.2 Å². The van der Waals surface area contributed by atoms with E-state index >= 15 is 0 Å². The maximum Gasteiger partial charge on any atom is 0.224 e. The monoisotopic (exact) mass is 316 g/mol. The summed E-state index contributed by atoms with van der Waals surface area (Å²) in [4.78, 5) is 12.5. The molecule has 0 heterocycles. The number of methoxy groups -OCH3 is 1. The number of carbonyl (C=O) groups excluding carboxylic acids is 1. The van der Waals surface area contributed by atoms with Gasteiger partial charge < -0.3 is 15.8 Å². The smallest absolute Gasteiger partial charge is 0.224 e. The molecule has 0 spiro atoms. The van der Waals surface area contributed by atoms with Gasteiger partial charge in [0.05, 0.1) is 5.92 Å². The minimum atomic E-state index is 0. The molecule has 3 saturated carbocycles. The SMILES string of the molecule is COCCC1(CNC(=O)C2C3CCC(C3)C2N)CCC1.Cl. The summed E-state index contributed by atoms with van der Waals surface area (Å²) in [6, 6.07) is 0.102. The maximum atomic E-state index is 12.5. The van der Waals surface area contributed by atoms with E-state index in [0.717, 1.165) is 19.6 Å². The van der Waals surface area contributed by atoms with Crippen LogP contribution in [0.1, 0.15) is 44.9 Å². The van der Waals surface area contributed by atoms with Crippen LogP contribution in [0.3, 0.4) is 0 Å². The van der Waals surface area contributed by atoms with Crippen LogP contribution >= 0.6 is 12.4 Å². The van der Waals surface area contributed by atoms with Crippen LogP contribution in [0.2, 0.25) is 0 Å². The highest BCUT2D eigenvalue weighted by atomic mass is 35.5. The quantitative estimate of drug-likeness (QED) is 0.789. The largest absolute Gasteiger partial charge is 0.385 e. The number of nitrogens with one attached hydrogen (secondary N) is 1. The Kier molecular flexibility index (Phi) is 5.55. The molecule has 3 aliphatic rings. The molecule has 4 unspecified atom stereocenters. The Labute approximate surface area is 134 Å². The zero-order valence-corrected chi connectivity index (χ0v) is 13.8. The normalized spacial score (nSPS) is 35.9. The van der Waals surface area contributed by atoms with E-state index in [1.165, 1.54) is 38.5 Å². The lowest BCUT2D eigenvalue weighted by Crippen LogP contribution is -2.49. The molecule has 4 atom stereocenters. The molecule has 0 aliphatic heterocycles. The van der Waals surface area contributed by atoms with E-state index in [2.05, 4.69) is 5.32 Å². The van der Waals surface area contributed by atoms with Crippen LogP contribution in [-0.2, 0) is 9.53 Å². The standard InChI is InChI=1S/C16H28N2O2.ClH/c1-20-8-7-16(5-2-6-16)10-18-15(19)13-11-3-4-12(9-11)14(13)17;/h11-14H,2-10,17H2,1H3,(H,18,19);1H. The third-order valence-corrected chi connectivity index (χ3v) is 6.17. The molecule has 122 valence electrons. The summed E-state index contributed by atoms with van der Waals surface area (Å²) in [7, 11) is 1.75. The van der Waals surface area contributed by atoms with Crippen molar-refractivity contribution >= 4 is 18.3 Å². The highest BCUT2D eigenvalue weighted by molar-refractivity contribution is 5.85. The molecule has 0 saturated heterocycles. The Morgan fingerprint density at radius 1 is 1.33 bits per heavy atom. The van der Waals surface area contributed by atoms with Crippen LogP contribution in [0.25, 0.3) is 0 Å². The van der Waals surface area contributed by atoms with Gasteiger partial charge in [0.2, 0.25) is 5.91 Å². The molecule has 5 heteroatoms. The second-order valence-corrected chi connectivity index (χ2v) is 7.25. The Balaban J connectivity index is 0.00000161. The van der Waals surface area contributed by atoms with Gasteiger partial charge in [-0.2, -0.15) is 0 Å². The molecule has 0 aromatic carbocycles. The summed E-state index contributed by atoms with van der Waals surface area (Å²) in [6.07, 6.45) is 8.39. The Morgan fingerprint density at radius 3 is 2.57 bits per heavy atom. The van der Waals surface area contributed by atoms with E-state index in [4.69, 9.17) is 10.5 Å². The number of ether oxygens (including phenoxy) is 1. The van der Waals surface area contributed by atoms with Gasteiger partial charge in [-0.05, 0) is 55.8 Å². The van der Waals surface area contributed by atoms with Crippen molar-refractivity contribution in [1.82, 2.24) is 5.32 Å². The molecule has 21 heavy (non-hydrogen) atoms. The van der Waals surface area contributed by atoms with E-state index in [-0.39, 0.29) is 30.3 Å². The first-order chi connectivity index (χ1) is 9.65. The first-order valence-electron chi connectivity index (χ1n) is 8.17. The number of rotatable bonds is 6. The predicted octanol–water partition coefficient (Wildman–Crippen LogP) is 2.10. The first kappa shape index (κ1) is 17.0. The van der Waals surface area contributed by atoms with Crippen molar-refractivity contribution in [2.45, 2.75) is 51.0 Å². The number of halogens is 1. The van der Waals surface area contributed by atoms with Gasteiger partial charge in [0.25, 0.3) is 0 Å². The van der Waals surface area contributed by atoms with Crippen molar-refractivity contribution in [3.8, 4) is 0 Å². The molecule has 0 radical (unpaired) electrons. The molecule has 3 fully saturated rings. The van der Waals surface area contributed by atoms with Crippen molar-refractivity contribution < 1.29 is 9.53 Å². The Hall–Kier alpha value is -0.320. The molecule has 4 nitrogen and oxygen atoms in total. The molecule has 3 aliphatic carbocycles. The first-order valence-corrected chi connectivity index (χ1v) is 8.17. The van der Waals surface area contributed by atoms with Crippen molar-refractivity contribution in [2.24, 2.45) is 28.9 Å². The zero-order valence-electron chi connectivity index (χ0n) is 13.0. The zero-order chi connectivity index (χ0) is 14.2. The summed E-state index contributed by atoms with van der Waals surface area (Å²) in [5, 5.41) is 3.22. The molecule has 2 bridgehead atoms. The van der Waals surface area contributed by atoms with E-state index < -0.39 is 0 Å². The average molecular weight is 317 g/mol. The summed E-state index contributed by atoms with van der Waals surface area (Å²) in [6.45, 7) is 1.61. The molecule has 0 aromatic heterocycles. The average Bonchev–Trinajstić information content (AvgIpc) is 2.97. The number of carbonyl (C=O) groups is 1. The second-order valence-electron chi connectivity index (χ2n) is 7.25. The van der Waals surface area contributed by atoms with Crippen LogP contribution in [0.15, 0.2) is 0 Å². The van der Waals surface area contributed by atoms with Gasteiger partial charge in [0, 0.05) is 26.3 Å². The minimum absolute atomic E-state index is 0. The lowest BCUT2D eigenvalue weighted by Gasteiger charge is -2.42. The van der Waals surface area contributed by atoms with Gasteiger partial charge in [-0.1, -0.05) is 6.42 Å². The number of fused-ring (bicyclic) bond motifs is 2. The van der Waals surface area contributed by atoms with E-state index in [1.807, 2.05) is 0 Å². The Bertz CT molecular complexity index is 371. The van der Waals surface area contributed by atoms with Crippen molar-refractivity contribution in [1.29, 1.82) is 0 Å². The molecule has 1 amide bonds. The van der Waals surface area contributed by atoms with Crippen LogP contribution in [0.5, 0.6) is 0 Å². The van der Waals surface area contributed by atoms with Gasteiger partial charge in [0.15, 0.2) is 0 Å². The van der Waals surface area contributed by atoms with Crippen LogP contribution in [0, 0.1) is 23.2 Å². The second kappa shape index (κ2) is 6.84. The fourth-order valence-electron chi connectivity index (χ4n) is 4.63. The minimum Gasteiger partial charge on any atom is -0.385 e. The summed E-state index contributed by atoms with van der Waals surface area (Å²) in [5.74, 6) is 1.44. The van der Waals surface area contributed by atoms with E-state index in [9.17, 15) is 4.79 Å². The van der Waals surface area contributed by atoms with Crippen LogP contribution in [0.4, 0.5) is 0 Å². The molecule has 0 aromatic rings. The fraction of sp³-hybridized carbons (Fsp3) is 0.938. The maximum absolute atomic E-state index is 12.5. The lowest BCUT2D eigenvalue weighted by molar-refractivity contribution is -0.128. The molecular formula is C16H29ClN2O2. The van der Waals surface area contributed by atoms with E-state index in [0.29, 0.717) is 17.3 Å². The van der Waals surface area contributed by atoms with Gasteiger partial charge in [-0.15, -0.1) is 12.4 Å². The van der Waals surface area contributed by atoms with Crippen molar-refractivity contribution in [3.63, 3.8) is 0 Å². The molecule has 3 N–H and O–H groups in total. The number of amides is 1.